The number of amides is 1. The van der Waals surface area contributed by atoms with E-state index in [4.69, 9.17) is 4.42 Å². The third-order valence-corrected chi connectivity index (χ3v) is 5.29. The highest BCUT2D eigenvalue weighted by atomic mass is 16.3. The number of nitrogens with zero attached hydrogens (tertiary/aromatic N) is 3. The number of likely N-dealkylation sites (tertiary alicyclic amines) is 1. The first-order valence-corrected chi connectivity index (χ1v) is 9.41. The number of ketones is 1. The average molecular weight is 393 g/mol. The zero-order valence-electron chi connectivity index (χ0n) is 16.6. The van der Waals surface area contributed by atoms with Gasteiger partial charge in [0.1, 0.15) is 17.6 Å². The highest BCUT2D eigenvalue weighted by Gasteiger charge is 2.47. The molecule has 1 atom stereocenters. The Labute approximate surface area is 168 Å². The lowest BCUT2D eigenvalue weighted by Crippen LogP contribution is -2.35. The van der Waals surface area contributed by atoms with Gasteiger partial charge in [0.15, 0.2) is 0 Å². The first-order chi connectivity index (χ1) is 13.9. The van der Waals surface area contributed by atoms with Crippen molar-refractivity contribution in [1.29, 1.82) is 0 Å². The number of furan rings is 1. The predicted molar refractivity (Wildman–Crippen MR) is 109 cm³/mol. The highest BCUT2D eigenvalue weighted by Crippen LogP contribution is 2.40. The van der Waals surface area contributed by atoms with Crippen LogP contribution in [0.4, 0.5) is 0 Å². The van der Waals surface area contributed by atoms with Gasteiger partial charge in [-0.3, -0.25) is 9.59 Å². The summed E-state index contributed by atoms with van der Waals surface area (Å²) in [6.07, 6.45) is 3.27. The van der Waals surface area contributed by atoms with Gasteiger partial charge in [0.2, 0.25) is 0 Å². The van der Waals surface area contributed by atoms with Gasteiger partial charge in [-0.25, -0.2) is 0 Å². The Hall–Kier alpha value is -3.32. The number of aliphatic hydroxyl groups excluding tert-OH is 1. The normalized spacial score (nSPS) is 19.0. The number of likely N-dealkylation sites (N-methyl/N-ethyl adjacent to an activating group) is 1. The molecule has 7 nitrogen and oxygen atoms in total. The minimum atomic E-state index is -0.760. The van der Waals surface area contributed by atoms with Crippen molar-refractivity contribution in [3.05, 3.63) is 65.8 Å². The lowest BCUT2D eigenvalue weighted by Gasteiger charge is -2.24. The Morgan fingerprint density at radius 3 is 2.62 bits per heavy atom. The summed E-state index contributed by atoms with van der Waals surface area (Å²) in [6.45, 7) is 0.924. The maximum atomic E-state index is 13.0. The molecule has 7 heteroatoms. The molecule has 2 aromatic heterocycles. The van der Waals surface area contributed by atoms with E-state index in [1.807, 2.05) is 54.9 Å². The predicted octanol–water partition coefficient (Wildman–Crippen LogP) is 2.75. The summed E-state index contributed by atoms with van der Waals surface area (Å²) < 4.78 is 7.43. The van der Waals surface area contributed by atoms with Gasteiger partial charge in [0.25, 0.3) is 11.7 Å². The minimum Gasteiger partial charge on any atom is -0.507 e. The number of para-hydroxylation sites is 1. The van der Waals surface area contributed by atoms with Crippen LogP contribution in [-0.4, -0.2) is 58.3 Å². The number of carbonyl (C=O) groups is 2. The molecule has 1 aromatic carbocycles. The van der Waals surface area contributed by atoms with Crippen LogP contribution in [0.2, 0.25) is 0 Å². The van der Waals surface area contributed by atoms with Gasteiger partial charge in [-0.05, 0) is 32.3 Å². The van der Waals surface area contributed by atoms with Crippen LogP contribution in [0.15, 0.2) is 58.8 Å². The molecule has 0 saturated carbocycles. The summed E-state index contributed by atoms with van der Waals surface area (Å²) in [5, 5.41) is 12.0. The van der Waals surface area contributed by atoms with E-state index in [1.165, 1.54) is 11.2 Å². The van der Waals surface area contributed by atoms with Crippen LogP contribution in [0.1, 0.15) is 17.4 Å². The zero-order chi connectivity index (χ0) is 20.7. The number of fused-ring (bicyclic) bond motifs is 1. The Kier molecular flexibility index (Phi) is 4.76. The molecule has 3 aromatic rings. The Balaban J connectivity index is 1.89. The number of aryl methyl sites for hydroxylation is 1. The molecule has 1 N–H and O–H groups in total. The van der Waals surface area contributed by atoms with Crippen molar-refractivity contribution in [2.45, 2.75) is 6.04 Å². The SMILES string of the molecule is CN(C)CCN1C(=O)C(=O)/C(=C(/O)c2cn(C)c3ccccc23)[C@H]1c1ccco1. The average Bonchev–Trinajstić information content (AvgIpc) is 3.39. The van der Waals surface area contributed by atoms with Crippen LogP contribution in [-0.2, 0) is 16.6 Å². The molecule has 1 saturated heterocycles. The molecule has 0 unspecified atom stereocenters. The fourth-order valence-corrected chi connectivity index (χ4v) is 3.84. The van der Waals surface area contributed by atoms with Crippen molar-refractivity contribution in [1.82, 2.24) is 14.4 Å². The van der Waals surface area contributed by atoms with Crippen molar-refractivity contribution < 1.29 is 19.1 Å². The van der Waals surface area contributed by atoms with Crippen molar-refractivity contribution >= 4 is 28.4 Å². The van der Waals surface area contributed by atoms with Gasteiger partial charge in [-0.1, -0.05) is 18.2 Å². The summed E-state index contributed by atoms with van der Waals surface area (Å²) >= 11 is 0. The van der Waals surface area contributed by atoms with Crippen LogP contribution in [0, 0.1) is 0 Å². The topological polar surface area (TPSA) is 78.9 Å². The van der Waals surface area contributed by atoms with Gasteiger partial charge < -0.3 is 23.9 Å². The highest BCUT2D eigenvalue weighted by molar-refractivity contribution is 6.46. The Bertz CT molecular complexity index is 1110. The van der Waals surface area contributed by atoms with E-state index >= 15 is 0 Å². The summed E-state index contributed by atoms with van der Waals surface area (Å²) in [6, 6.07) is 10.3. The molecule has 1 aliphatic rings. The quantitative estimate of drug-likeness (QED) is 0.410. The molecule has 3 heterocycles. The molecular weight excluding hydrogens is 370 g/mol. The molecule has 1 amide bonds. The van der Waals surface area contributed by atoms with Crippen LogP contribution < -0.4 is 0 Å². The minimum absolute atomic E-state index is 0.0556. The molecule has 150 valence electrons. The second-order valence-electron chi connectivity index (χ2n) is 7.48. The first kappa shape index (κ1) is 19.0. The first-order valence-electron chi connectivity index (χ1n) is 9.41. The lowest BCUT2D eigenvalue weighted by atomic mass is 9.99. The number of Topliss-reactive ketones (excluding diaryl/α,β-unsaturated/α-hetero) is 1. The number of rotatable bonds is 5. The van der Waals surface area contributed by atoms with E-state index in [-0.39, 0.29) is 11.3 Å². The number of carbonyl (C=O) groups excluding carboxylic acids is 2. The fraction of sp³-hybridized carbons (Fsp3) is 0.273. The van der Waals surface area contributed by atoms with Gasteiger partial charge in [0, 0.05) is 42.8 Å². The molecule has 1 fully saturated rings. The fourth-order valence-electron chi connectivity index (χ4n) is 3.84. The van der Waals surface area contributed by atoms with Gasteiger partial charge >= 0.3 is 0 Å². The summed E-state index contributed by atoms with van der Waals surface area (Å²) in [5.74, 6) is -1.07. The van der Waals surface area contributed by atoms with E-state index < -0.39 is 17.7 Å². The van der Waals surface area contributed by atoms with Crippen LogP contribution in [0.3, 0.4) is 0 Å². The van der Waals surface area contributed by atoms with E-state index in [9.17, 15) is 14.7 Å². The number of aliphatic hydroxyl groups is 1. The molecule has 4 rings (SSSR count). The summed E-state index contributed by atoms with van der Waals surface area (Å²) in [4.78, 5) is 29.2. The standard InChI is InChI=1S/C22H23N3O4/c1-23(2)10-11-25-19(17-9-6-12-29-17)18(21(27)22(25)28)20(26)15-13-24(3)16-8-5-4-7-14(15)16/h4-9,12-13,19,26H,10-11H2,1-3H3/b20-18+/t19-/m1/s1. The zero-order valence-corrected chi connectivity index (χ0v) is 16.6. The molecule has 0 aliphatic carbocycles. The van der Waals surface area contributed by atoms with Crippen LogP contribution >= 0.6 is 0 Å². The van der Waals surface area contributed by atoms with Crippen LogP contribution in [0.5, 0.6) is 0 Å². The largest absolute Gasteiger partial charge is 0.507 e. The van der Waals surface area contributed by atoms with E-state index in [0.29, 0.717) is 24.4 Å². The Morgan fingerprint density at radius 1 is 1.17 bits per heavy atom. The molecular formula is C22H23N3O4. The Morgan fingerprint density at radius 2 is 1.93 bits per heavy atom. The van der Waals surface area contributed by atoms with Crippen molar-refractivity contribution in [2.75, 3.05) is 27.2 Å². The van der Waals surface area contributed by atoms with Crippen molar-refractivity contribution in [3.8, 4) is 0 Å². The smallest absolute Gasteiger partial charge is 0.295 e. The summed E-state index contributed by atoms with van der Waals surface area (Å²) in [7, 11) is 5.67. The third kappa shape index (κ3) is 3.13. The van der Waals surface area contributed by atoms with Crippen molar-refractivity contribution in [3.63, 3.8) is 0 Å². The maximum absolute atomic E-state index is 13.0. The number of hydrogen-bond acceptors (Lipinski definition) is 5. The second-order valence-corrected chi connectivity index (χ2v) is 7.48. The monoisotopic (exact) mass is 393 g/mol. The van der Waals surface area contributed by atoms with Crippen LogP contribution in [0.25, 0.3) is 16.7 Å². The van der Waals surface area contributed by atoms with E-state index in [2.05, 4.69) is 0 Å². The number of aromatic nitrogens is 1. The molecule has 29 heavy (non-hydrogen) atoms. The van der Waals surface area contributed by atoms with Gasteiger partial charge in [-0.2, -0.15) is 0 Å². The molecule has 0 radical (unpaired) electrons. The molecule has 1 aliphatic heterocycles. The number of benzene rings is 1. The van der Waals surface area contributed by atoms with E-state index in [1.54, 1.807) is 18.3 Å². The van der Waals surface area contributed by atoms with Crippen molar-refractivity contribution in [2.24, 2.45) is 7.05 Å². The molecule has 0 spiro atoms. The maximum Gasteiger partial charge on any atom is 0.295 e. The lowest BCUT2D eigenvalue weighted by molar-refractivity contribution is -0.140. The summed E-state index contributed by atoms with van der Waals surface area (Å²) in [5.41, 5.74) is 1.50. The number of hydrogen-bond donors (Lipinski definition) is 1. The second kappa shape index (κ2) is 7.25. The van der Waals surface area contributed by atoms with Gasteiger partial charge in [0.05, 0.1) is 11.8 Å². The molecule has 0 bridgehead atoms. The van der Waals surface area contributed by atoms with E-state index in [0.717, 1.165) is 10.9 Å². The van der Waals surface area contributed by atoms with Gasteiger partial charge in [-0.15, -0.1) is 0 Å². The third-order valence-electron chi connectivity index (χ3n) is 5.29.